The van der Waals surface area contributed by atoms with Crippen LogP contribution in [0.5, 0.6) is 11.5 Å². The Morgan fingerprint density at radius 3 is 2.57 bits per heavy atom. The van der Waals surface area contributed by atoms with Gasteiger partial charge in [0.1, 0.15) is 0 Å². The molecule has 0 saturated carbocycles. The Morgan fingerprint density at radius 1 is 1.24 bits per heavy atom. The molecule has 1 aromatic heterocycles. The fourth-order valence-corrected chi connectivity index (χ4v) is 3.40. The molecular formula is C15H19N3O2S. The van der Waals surface area contributed by atoms with Gasteiger partial charge in [-0.1, -0.05) is 0 Å². The van der Waals surface area contributed by atoms with E-state index in [9.17, 15) is 0 Å². The zero-order chi connectivity index (χ0) is 14.8. The second-order valence-corrected chi connectivity index (χ2v) is 6.05. The highest BCUT2D eigenvalue weighted by atomic mass is 32.1. The van der Waals surface area contributed by atoms with Gasteiger partial charge in [0.05, 0.1) is 14.2 Å². The molecule has 5 nitrogen and oxygen atoms in total. The van der Waals surface area contributed by atoms with Crippen LogP contribution in [0, 0.1) is 0 Å². The third-order valence-electron chi connectivity index (χ3n) is 3.73. The van der Waals surface area contributed by atoms with Crippen LogP contribution in [0.25, 0.3) is 0 Å². The van der Waals surface area contributed by atoms with Gasteiger partial charge in [0, 0.05) is 30.7 Å². The molecule has 0 radical (unpaired) electrons. The summed E-state index contributed by atoms with van der Waals surface area (Å²) in [6, 6.07) is 4.15. The number of nitrogens with two attached hydrogens (primary N) is 1. The summed E-state index contributed by atoms with van der Waals surface area (Å²) in [6.45, 7) is 2.35. The van der Waals surface area contributed by atoms with Gasteiger partial charge in [0.2, 0.25) is 0 Å². The lowest BCUT2D eigenvalue weighted by atomic mass is 9.99. The number of fused-ring (bicyclic) bond motifs is 1. The molecule has 0 amide bonds. The van der Waals surface area contributed by atoms with Crippen LogP contribution >= 0.6 is 11.3 Å². The van der Waals surface area contributed by atoms with E-state index in [1.54, 1.807) is 25.6 Å². The first kappa shape index (κ1) is 14.2. The quantitative estimate of drug-likeness (QED) is 0.938. The van der Waals surface area contributed by atoms with Crippen molar-refractivity contribution in [2.45, 2.75) is 19.5 Å². The minimum atomic E-state index is 0.549. The first-order chi connectivity index (χ1) is 10.2. The van der Waals surface area contributed by atoms with Gasteiger partial charge in [-0.2, -0.15) is 0 Å². The number of aromatic nitrogens is 1. The third kappa shape index (κ3) is 2.69. The Bertz CT molecular complexity index is 642. The molecule has 0 unspecified atom stereocenters. The summed E-state index contributed by atoms with van der Waals surface area (Å²) in [7, 11) is 3.34. The molecule has 0 atom stereocenters. The number of rotatable bonds is 4. The predicted octanol–water partition coefficient (Wildman–Crippen LogP) is 2.18. The van der Waals surface area contributed by atoms with Crippen molar-refractivity contribution in [3.8, 4) is 11.5 Å². The number of benzene rings is 1. The summed E-state index contributed by atoms with van der Waals surface area (Å²) in [5.74, 6) is 1.57. The molecule has 0 bridgehead atoms. The SMILES string of the molecule is COc1cc2c(cc1OC)CN(c1ncc(CN)s1)CC2. The van der Waals surface area contributed by atoms with Gasteiger partial charge in [0.25, 0.3) is 0 Å². The largest absolute Gasteiger partial charge is 0.493 e. The second kappa shape index (κ2) is 5.91. The highest BCUT2D eigenvalue weighted by Crippen LogP contribution is 2.35. The monoisotopic (exact) mass is 305 g/mol. The Kier molecular flexibility index (Phi) is 3.98. The average Bonchev–Trinajstić information content (AvgIpc) is 3.02. The van der Waals surface area contributed by atoms with Crippen molar-refractivity contribution in [3.63, 3.8) is 0 Å². The third-order valence-corrected chi connectivity index (χ3v) is 4.81. The van der Waals surface area contributed by atoms with E-state index in [4.69, 9.17) is 15.2 Å². The van der Waals surface area contributed by atoms with Gasteiger partial charge in [-0.05, 0) is 29.7 Å². The standard InChI is InChI=1S/C15H19N3O2S/c1-19-13-5-10-3-4-18(9-11(10)6-14(13)20-2)15-17-8-12(7-16)21-15/h5-6,8H,3-4,7,9,16H2,1-2H3. The van der Waals surface area contributed by atoms with Crippen molar-refractivity contribution in [3.05, 3.63) is 34.3 Å². The summed E-state index contributed by atoms with van der Waals surface area (Å²) in [6.07, 6.45) is 2.84. The van der Waals surface area contributed by atoms with E-state index in [2.05, 4.69) is 22.0 Å². The van der Waals surface area contributed by atoms with Crippen LogP contribution in [0.3, 0.4) is 0 Å². The summed E-state index contributed by atoms with van der Waals surface area (Å²) >= 11 is 1.67. The summed E-state index contributed by atoms with van der Waals surface area (Å²) in [4.78, 5) is 7.87. The minimum absolute atomic E-state index is 0.549. The molecular weight excluding hydrogens is 286 g/mol. The van der Waals surface area contributed by atoms with Gasteiger partial charge in [-0.25, -0.2) is 4.98 Å². The van der Waals surface area contributed by atoms with Crippen LogP contribution < -0.4 is 20.1 Å². The molecule has 21 heavy (non-hydrogen) atoms. The van der Waals surface area contributed by atoms with E-state index in [-0.39, 0.29) is 0 Å². The lowest BCUT2D eigenvalue weighted by Crippen LogP contribution is -2.30. The highest BCUT2D eigenvalue weighted by molar-refractivity contribution is 7.15. The average molecular weight is 305 g/mol. The number of methoxy groups -OCH3 is 2. The molecule has 112 valence electrons. The molecule has 0 spiro atoms. The Balaban J connectivity index is 1.87. The molecule has 2 N–H and O–H groups in total. The maximum absolute atomic E-state index is 5.66. The smallest absolute Gasteiger partial charge is 0.185 e. The normalized spacial score (nSPS) is 14.0. The van der Waals surface area contributed by atoms with Crippen molar-refractivity contribution in [1.29, 1.82) is 0 Å². The Hall–Kier alpha value is -1.79. The van der Waals surface area contributed by atoms with Gasteiger partial charge < -0.3 is 20.1 Å². The maximum Gasteiger partial charge on any atom is 0.185 e. The molecule has 0 aliphatic carbocycles. The lowest BCUT2D eigenvalue weighted by Gasteiger charge is -2.29. The predicted molar refractivity (Wildman–Crippen MR) is 84.3 cm³/mol. The van der Waals surface area contributed by atoms with Crippen LogP contribution in [-0.2, 0) is 19.5 Å². The molecule has 6 heteroatoms. The first-order valence-corrected chi connectivity index (χ1v) is 7.70. The maximum atomic E-state index is 5.66. The molecule has 1 aliphatic heterocycles. The molecule has 1 aromatic carbocycles. The Labute approximate surface area is 128 Å². The van der Waals surface area contributed by atoms with Crippen molar-refractivity contribution in [1.82, 2.24) is 4.98 Å². The molecule has 0 fully saturated rings. The van der Waals surface area contributed by atoms with Crippen molar-refractivity contribution >= 4 is 16.5 Å². The van der Waals surface area contributed by atoms with Gasteiger partial charge >= 0.3 is 0 Å². The van der Waals surface area contributed by atoms with E-state index >= 15 is 0 Å². The van der Waals surface area contributed by atoms with E-state index in [0.29, 0.717) is 6.54 Å². The summed E-state index contributed by atoms with van der Waals surface area (Å²) in [5.41, 5.74) is 8.25. The van der Waals surface area contributed by atoms with E-state index in [1.807, 2.05) is 6.20 Å². The van der Waals surface area contributed by atoms with Crippen LogP contribution in [0.4, 0.5) is 5.13 Å². The fourth-order valence-electron chi connectivity index (χ4n) is 2.58. The summed E-state index contributed by atoms with van der Waals surface area (Å²) < 4.78 is 10.8. The van der Waals surface area contributed by atoms with Gasteiger partial charge in [-0.15, -0.1) is 11.3 Å². The summed E-state index contributed by atoms with van der Waals surface area (Å²) in [5, 5.41) is 1.04. The van der Waals surface area contributed by atoms with Crippen LogP contribution in [0.2, 0.25) is 0 Å². The molecule has 1 aliphatic rings. The molecule has 3 rings (SSSR count). The number of hydrogen-bond acceptors (Lipinski definition) is 6. The topological polar surface area (TPSA) is 60.6 Å². The van der Waals surface area contributed by atoms with Crippen molar-refractivity contribution in [2.75, 3.05) is 25.7 Å². The van der Waals surface area contributed by atoms with Gasteiger partial charge in [0.15, 0.2) is 16.6 Å². The lowest BCUT2D eigenvalue weighted by molar-refractivity contribution is 0.353. The van der Waals surface area contributed by atoms with E-state index in [1.165, 1.54) is 11.1 Å². The number of ether oxygens (including phenoxy) is 2. The molecule has 0 saturated heterocycles. The molecule has 2 heterocycles. The zero-order valence-corrected chi connectivity index (χ0v) is 13.1. The fraction of sp³-hybridized carbons (Fsp3) is 0.400. The van der Waals surface area contributed by atoms with Gasteiger partial charge in [-0.3, -0.25) is 0 Å². The van der Waals surface area contributed by atoms with E-state index in [0.717, 1.165) is 41.0 Å². The number of thiazole rings is 1. The van der Waals surface area contributed by atoms with Crippen LogP contribution in [0.1, 0.15) is 16.0 Å². The Morgan fingerprint density at radius 2 is 1.95 bits per heavy atom. The first-order valence-electron chi connectivity index (χ1n) is 6.88. The zero-order valence-electron chi connectivity index (χ0n) is 12.3. The number of nitrogens with zero attached hydrogens (tertiary/aromatic N) is 2. The van der Waals surface area contributed by atoms with Crippen molar-refractivity contribution in [2.24, 2.45) is 5.73 Å². The van der Waals surface area contributed by atoms with Crippen LogP contribution in [-0.4, -0.2) is 25.7 Å². The highest BCUT2D eigenvalue weighted by Gasteiger charge is 2.21. The number of anilines is 1. The van der Waals surface area contributed by atoms with Crippen LogP contribution in [0.15, 0.2) is 18.3 Å². The molecule has 2 aromatic rings. The van der Waals surface area contributed by atoms with Crippen molar-refractivity contribution < 1.29 is 9.47 Å². The minimum Gasteiger partial charge on any atom is -0.493 e. The number of hydrogen-bond donors (Lipinski definition) is 1. The van der Waals surface area contributed by atoms with E-state index < -0.39 is 0 Å². The second-order valence-electron chi connectivity index (χ2n) is 4.96.